The molecule has 2 amide bonds. The summed E-state index contributed by atoms with van der Waals surface area (Å²) in [6, 6.07) is 1.01. The van der Waals surface area contributed by atoms with E-state index in [1.54, 1.807) is 13.8 Å². The minimum atomic E-state index is -0.651. The summed E-state index contributed by atoms with van der Waals surface area (Å²) >= 11 is 5.76. The first-order valence-corrected chi connectivity index (χ1v) is 6.24. The maximum Gasteiger partial charge on any atom is 0.257 e. The summed E-state index contributed by atoms with van der Waals surface area (Å²) in [6.07, 6.45) is 0.930. The van der Waals surface area contributed by atoms with E-state index in [1.165, 1.54) is 4.90 Å². The quantitative estimate of drug-likeness (QED) is 0.834. The molecule has 0 aliphatic heterocycles. The standard InChI is InChI=1S/C12H15ClFN3O2/c1-3-15-10(18)7-17(4-2)12(19)9-5-8(14)6-16-11(9)13/h5-6H,3-4,7H2,1-2H3,(H,15,18). The van der Waals surface area contributed by atoms with E-state index in [4.69, 9.17) is 11.6 Å². The Morgan fingerprint density at radius 2 is 2.16 bits per heavy atom. The highest BCUT2D eigenvalue weighted by atomic mass is 35.5. The number of likely N-dealkylation sites (N-methyl/N-ethyl adjacent to an activating group) is 2. The van der Waals surface area contributed by atoms with Crippen molar-refractivity contribution in [1.29, 1.82) is 0 Å². The van der Waals surface area contributed by atoms with Crippen LogP contribution in [0.4, 0.5) is 4.39 Å². The second kappa shape index (κ2) is 7.04. The SMILES string of the molecule is CCNC(=O)CN(CC)C(=O)c1cc(F)cnc1Cl. The number of nitrogens with one attached hydrogen (secondary N) is 1. The van der Waals surface area contributed by atoms with Crippen LogP contribution in [0.15, 0.2) is 12.3 Å². The number of pyridine rings is 1. The molecule has 7 heteroatoms. The normalized spacial score (nSPS) is 10.1. The molecule has 0 radical (unpaired) electrons. The van der Waals surface area contributed by atoms with Gasteiger partial charge in [0.15, 0.2) is 0 Å². The van der Waals surface area contributed by atoms with Crippen LogP contribution >= 0.6 is 11.6 Å². The minimum absolute atomic E-state index is 0.0483. The van der Waals surface area contributed by atoms with Gasteiger partial charge in [0.2, 0.25) is 5.91 Å². The lowest BCUT2D eigenvalue weighted by atomic mass is 10.2. The molecule has 0 atom stereocenters. The van der Waals surface area contributed by atoms with Gasteiger partial charge in [-0.15, -0.1) is 0 Å². The number of amides is 2. The summed E-state index contributed by atoms with van der Waals surface area (Å²) in [7, 11) is 0. The van der Waals surface area contributed by atoms with Gasteiger partial charge in [0.1, 0.15) is 11.0 Å². The predicted octanol–water partition coefficient (Wildman–Crippen LogP) is 1.47. The Kier molecular flexibility index (Phi) is 5.69. The van der Waals surface area contributed by atoms with E-state index in [9.17, 15) is 14.0 Å². The molecule has 104 valence electrons. The van der Waals surface area contributed by atoms with Crippen LogP contribution < -0.4 is 5.32 Å². The van der Waals surface area contributed by atoms with Crippen molar-refractivity contribution in [3.8, 4) is 0 Å². The van der Waals surface area contributed by atoms with Gasteiger partial charge in [-0.25, -0.2) is 9.37 Å². The molecule has 1 aromatic heterocycles. The van der Waals surface area contributed by atoms with E-state index < -0.39 is 11.7 Å². The summed E-state index contributed by atoms with van der Waals surface area (Å²) in [4.78, 5) is 28.5. The number of hydrogen-bond acceptors (Lipinski definition) is 3. The highest BCUT2D eigenvalue weighted by Gasteiger charge is 2.20. The van der Waals surface area contributed by atoms with Crippen LogP contribution in [-0.4, -0.2) is 41.3 Å². The average molecular weight is 288 g/mol. The molecule has 1 rings (SSSR count). The van der Waals surface area contributed by atoms with E-state index in [-0.39, 0.29) is 23.2 Å². The first-order chi connectivity index (χ1) is 8.99. The molecule has 0 saturated heterocycles. The first kappa shape index (κ1) is 15.4. The van der Waals surface area contributed by atoms with Gasteiger partial charge in [-0.1, -0.05) is 11.6 Å². The summed E-state index contributed by atoms with van der Waals surface area (Å²) in [5, 5.41) is 2.50. The number of carbonyl (C=O) groups excluding carboxylic acids is 2. The van der Waals surface area contributed by atoms with Crippen LogP contribution in [0.25, 0.3) is 0 Å². The van der Waals surface area contributed by atoms with Crippen LogP contribution in [0, 0.1) is 5.82 Å². The number of aromatic nitrogens is 1. The molecule has 0 bridgehead atoms. The first-order valence-electron chi connectivity index (χ1n) is 5.86. The van der Waals surface area contributed by atoms with Crippen molar-refractivity contribution >= 4 is 23.4 Å². The van der Waals surface area contributed by atoms with Gasteiger partial charge in [-0.05, 0) is 19.9 Å². The summed E-state index contributed by atoms with van der Waals surface area (Å²) in [5.74, 6) is -1.45. The second-order valence-corrected chi connectivity index (χ2v) is 4.12. The lowest BCUT2D eigenvalue weighted by molar-refractivity contribution is -0.121. The van der Waals surface area contributed by atoms with Gasteiger partial charge in [0, 0.05) is 13.1 Å². The largest absolute Gasteiger partial charge is 0.355 e. The zero-order chi connectivity index (χ0) is 14.4. The van der Waals surface area contributed by atoms with Crippen molar-refractivity contribution in [2.75, 3.05) is 19.6 Å². The Balaban J connectivity index is 2.89. The van der Waals surface area contributed by atoms with Crippen molar-refractivity contribution in [3.05, 3.63) is 28.8 Å². The molecule has 1 heterocycles. The third-order valence-electron chi connectivity index (χ3n) is 2.41. The molecule has 0 unspecified atom stereocenters. The maximum absolute atomic E-state index is 13.1. The van der Waals surface area contributed by atoms with Crippen LogP contribution in [0.2, 0.25) is 5.15 Å². The fraction of sp³-hybridized carbons (Fsp3) is 0.417. The van der Waals surface area contributed by atoms with Gasteiger partial charge in [-0.3, -0.25) is 9.59 Å². The van der Waals surface area contributed by atoms with Crippen LogP contribution in [0.1, 0.15) is 24.2 Å². The van der Waals surface area contributed by atoms with Gasteiger partial charge in [-0.2, -0.15) is 0 Å². The van der Waals surface area contributed by atoms with Crippen molar-refractivity contribution in [2.24, 2.45) is 0 Å². The molecule has 19 heavy (non-hydrogen) atoms. The summed E-state index contributed by atoms with van der Waals surface area (Å²) < 4.78 is 13.1. The van der Waals surface area contributed by atoms with E-state index in [0.717, 1.165) is 12.3 Å². The maximum atomic E-state index is 13.1. The number of nitrogens with zero attached hydrogens (tertiary/aromatic N) is 2. The lowest BCUT2D eigenvalue weighted by Crippen LogP contribution is -2.40. The molecule has 0 fully saturated rings. The van der Waals surface area contributed by atoms with Gasteiger partial charge >= 0.3 is 0 Å². The molecule has 0 aliphatic rings. The van der Waals surface area contributed by atoms with Crippen LogP contribution in [-0.2, 0) is 4.79 Å². The zero-order valence-corrected chi connectivity index (χ0v) is 11.5. The molecule has 5 nitrogen and oxygen atoms in total. The monoisotopic (exact) mass is 287 g/mol. The Hall–Kier alpha value is -1.69. The molecule has 0 saturated carbocycles. The third-order valence-corrected chi connectivity index (χ3v) is 2.71. The summed E-state index contributed by atoms with van der Waals surface area (Å²) in [5.41, 5.74) is -0.0483. The molecule has 0 aliphatic carbocycles. The third kappa shape index (κ3) is 4.17. The van der Waals surface area contributed by atoms with Gasteiger partial charge < -0.3 is 10.2 Å². The fourth-order valence-electron chi connectivity index (χ4n) is 1.50. The molecule has 1 N–H and O–H groups in total. The molecular formula is C12H15ClFN3O2. The van der Waals surface area contributed by atoms with E-state index >= 15 is 0 Å². The van der Waals surface area contributed by atoms with Crippen molar-refractivity contribution in [1.82, 2.24) is 15.2 Å². The Morgan fingerprint density at radius 3 is 2.74 bits per heavy atom. The van der Waals surface area contributed by atoms with E-state index in [1.807, 2.05) is 0 Å². The number of halogens is 2. The Morgan fingerprint density at radius 1 is 1.47 bits per heavy atom. The van der Waals surface area contributed by atoms with E-state index in [0.29, 0.717) is 13.1 Å². The highest BCUT2D eigenvalue weighted by molar-refractivity contribution is 6.32. The lowest BCUT2D eigenvalue weighted by Gasteiger charge is -2.20. The van der Waals surface area contributed by atoms with E-state index in [2.05, 4.69) is 10.3 Å². The van der Waals surface area contributed by atoms with Crippen molar-refractivity contribution < 1.29 is 14.0 Å². The number of rotatable bonds is 5. The number of carbonyl (C=O) groups is 2. The molecule has 0 aromatic carbocycles. The van der Waals surface area contributed by atoms with Gasteiger partial charge in [0.05, 0.1) is 18.3 Å². The van der Waals surface area contributed by atoms with Gasteiger partial charge in [0.25, 0.3) is 5.91 Å². The smallest absolute Gasteiger partial charge is 0.257 e. The topological polar surface area (TPSA) is 62.3 Å². The Bertz CT molecular complexity index is 482. The summed E-state index contributed by atoms with van der Waals surface area (Å²) in [6.45, 7) is 4.19. The molecular weight excluding hydrogens is 273 g/mol. The minimum Gasteiger partial charge on any atom is -0.355 e. The van der Waals surface area contributed by atoms with Crippen LogP contribution in [0.5, 0.6) is 0 Å². The predicted molar refractivity (Wildman–Crippen MR) is 69.5 cm³/mol. The molecule has 0 spiro atoms. The fourth-order valence-corrected chi connectivity index (χ4v) is 1.68. The van der Waals surface area contributed by atoms with Crippen molar-refractivity contribution in [3.63, 3.8) is 0 Å². The number of hydrogen-bond donors (Lipinski definition) is 1. The highest BCUT2D eigenvalue weighted by Crippen LogP contribution is 2.16. The zero-order valence-electron chi connectivity index (χ0n) is 10.7. The second-order valence-electron chi connectivity index (χ2n) is 3.76. The van der Waals surface area contributed by atoms with Crippen LogP contribution in [0.3, 0.4) is 0 Å². The Labute approximate surface area is 115 Å². The average Bonchev–Trinajstić information content (AvgIpc) is 2.38. The molecule has 1 aromatic rings. The van der Waals surface area contributed by atoms with Crippen molar-refractivity contribution in [2.45, 2.75) is 13.8 Å².